The molecule has 2 fully saturated rings. The number of rotatable bonds is 7. The minimum Gasteiger partial charge on any atom is -0.374 e. The molecule has 0 amide bonds. The molecule has 1 atom stereocenters. The lowest BCUT2D eigenvalue weighted by Crippen LogP contribution is -2.47. The van der Waals surface area contributed by atoms with Crippen LogP contribution in [0.3, 0.4) is 0 Å². The lowest BCUT2D eigenvalue weighted by Gasteiger charge is -2.38. The van der Waals surface area contributed by atoms with E-state index in [0.29, 0.717) is 24.8 Å². The third kappa shape index (κ3) is 4.27. The van der Waals surface area contributed by atoms with E-state index in [1.54, 1.807) is 17.3 Å². The van der Waals surface area contributed by atoms with E-state index in [1.165, 1.54) is 12.1 Å². The maximum Gasteiger partial charge on any atom is 0.267 e. The third-order valence-electron chi connectivity index (χ3n) is 5.82. The van der Waals surface area contributed by atoms with Gasteiger partial charge in [0.15, 0.2) is 0 Å². The van der Waals surface area contributed by atoms with Crippen molar-refractivity contribution in [1.82, 2.24) is 24.6 Å². The van der Waals surface area contributed by atoms with Gasteiger partial charge in [0.2, 0.25) is 5.95 Å². The zero-order chi connectivity index (χ0) is 23.1. The van der Waals surface area contributed by atoms with E-state index in [0.717, 1.165) is 25.1 Å². The van der Waals surface area contributed by atoms with Gasteiger partial charge in [0, 0.05) is 36.6 Å². The van der Waals surface area contributed by atoms with Crippen molar-refractivity contribution in [3.05, 3.63) is 53.7 Å². The van der Waals surface area contributed by atoms with Crippen LogP contribution in [0.1, 0.15) is 42.7 Å². The first-order valence-electron chi connectivity index (χ1n) is 10.5. The Morgan fingerprint density at radius 2 is 1.97 bits per heavy atom. The molecular formula is C22H20F3N7O. The maximum absolute atomic E-state index is 14.8. The number of aliphatic hydroxyl groups is 1. The molecule has 1 aliphatic carbocycles. The number of aliphatic hydroxyl groups excluding tert-OH is 1. The molecule has 1 unspecified atom stereocenters. The minimum absolute atomic E-state index is 0.00799. The number of anilines is 2. The standard InChI is InChI=1S/C22H20F3N7O/c23-18-5-13(1-4-16(18)21(33)31-9-12(6-26)10-31)19-17(20(24)25)8-27-22(30-19)29-14-7-28-32(11-14)15-2-3-15/h1,4-5,7-8,11-12,15,20-21,33H,2-3,9-10H2,(H,27,29,30). The van der Waals surface area contributed by atoms with Crippen LogP contribution in [0.5, 0.6) is 0 Å². The van der Waals surface area contributed by atoms with E-state index in [9.17, 15) is 18.3 Å². The Morgan fingerprint density at radius 3 is 2.64 bits per heavy atom. The molecule has 2 aromatic heterocycles. The monoisotopic (exact) mass is 455 g/mol. The fraction of sp³-hybridized carbons (Fsp3) is 0.364. The molecule has 5 rings (SSSR count). The summed E-state index contributed by atoms with van der Waals surface area (Å²) in [6, 6.07) is 6.33. The molecular weight excluding hydrogens is 435 g/mol. The first-order valence-corrected chi connectivity index (χ1v) is 10.5. The Morgan fingerprint density at radius 1 is 1.18 bits per heavy atom. The molecule has 33 heavy (non-hydrogen) atoms. The van der Waals surface area contributed by atoms with Crippen molar-refractivity contribution >= 4 is 11.6 Å². The second-order valence-corrected chi connectivity index (χ2v) is 8.25. The van der Waals surface area contributed by atoms with E-state index in [4.69, 9.17) is 5.26 Å². The van der Waals surface area contributed by atoms with Crippen LogP contribution in [0.15, 0.2) is 36.8 Å². The fourth-order valence-electron chi connectivity index (χ4n) is 3.79. The van der Waals surface area contributed by atoms with Crippen LogP contribution in [-0.2, 0) is 0 Å². The molecule has 3 heterocycles. The van der Waals surface area contributed by atoms with Crippen molar-refractivity contribution < 1.29 is 18.3 Å². The van der Waals surface area contributed by atoms with Gasteiger partial charge in [0.25, 0.3) is 6.43 Å². The predicted molar refractivity (Wildman–Crippen MR) is 112 cm³/mol. The van der Waals surface area contributed by atoms with Crippen LogP contribution in [0, 0.1) is 23.1 Å². The summed E-state index contributed by atoms with van der Waals surface area (Å²) >= 11 is 0. The normalized spacial score (nSPS) is 17.6. The molecule has 1 saturated carbocycles. The molecule has 1 saturated heterocycles. The Balaban J connectivity index is 1.41. The van der Waals surface area contributed by atoms with Gasteiger partial charge < -0.3 is 10.4 Å². The topological polar surface area (TPSA) is 103 Å². The number of nitrogens with one attached hydrogen (secondary N) is 1. The molecule has 8 nitrogen and oxygen atoms in total. The Kier molecular flexibility index (Phi) is 5.47. The number of alkyl halides is 2. The number of aromatic nitrogens is 4. The maximum atomic E-state index is 14.8. The Labute approximate surface area is 187 Å². The Bertz CT molecular complexity index is 1210. The summed E-state index contributed by atoms with van der Waals surface area (Å²) in [5.41, 5.74) is 0.226. The van der Waals surface area contributed by atoms with E-state index in [2.05, 4.69) is 26.5 Å². The smallest absolute Gasteiger partial charge is 0.267 e. The zero-order valence-corrected chi connectivity index (χ0v) is 17.4. The summed E-state index contributed by atoms with van der Waals surface area (Å²) in [6.07, 6.45) is 2.47. The van der Waals surface area contributed by atoms with Crippen molar-refractivity contribution in [2.24, 2.45) is 5.92 Å². The number of nitrogens with zero attached hydrogens (tertiary/aromatic N) is 6. The summed E-state index contributed by atoms with van der Waals surface area (Å²) in [4.78, 5) is 9.74. The summed E-state index contributed by atoms with van der Waals surface area (Å²) in [6.45, 7) is 0.680. The molecule has 0 bridgehead atoms. The number of benzene rings is 1. The van der Waals surface area contributed by atoms with Crippen LogP contribution >= 0.6 is 0 Å². The molecule has 2 aliphatic rings. The van der Waals surface area contributed by atoms with Gasteiger partial charge in [0.1, 0.15) is 12.0 Å². The van der Waals surface area contributed by atoms with Crippen LogP contribution in [0.25, 0.3) is 11.3 Å². The number of nitriles is 1. The molecule has 0 radical (unpaired) electrons. The largest absolute Gasteiger partial charge is 0.374 e. The van der Waals surface area contributed by atoms with Gasteiger partial charge in [-0.3, -0.25) is 9.58 Å². The van der Waals surface area contributed by atoms with E-state index < -0.39 is 24.0 Å². The first kappa shape index (κ1) is 21.4. The van der Waals surface area contributed by atoms with Gasteiger partial charge in [0.05, 0.1) is 41.2 Å². The SMILES string of the molecule is N#CC1CN(C(O)c2ccc(-c3nc(Nc4cnn(C5CC5)c4)ncc3C(F)F)cc2F)C1. The average Bonchev–Trinajstić information content (AvgIpc) is 3.51. The molecule has 170 valence electrons. The van der Waals surface area contributed by atoms with Crippen molar-refractivity contribution in [3.63, 3.8) is 0 Å². The highest BCUT2D eigenvalue weighted by atomic mass is 19.3. The molecule has 3 aromatic rings. The van der Waals surface area contributed by atoms with Gasteiger partial charge in [-0.25, -0.2) is 23.1 Å². The summed E-state index contributed by atoms with van der Waals surface area (Å²) < 4.78 is 43.9. The number of likely N-dealkylation sites (tertiary alicyclic amines) is 1. The van der Waals surface area contributed by atoms with Crippen molar-refractivity contribution in [2.75, 3.05) is 18.4 Å². The highest BCUT2D eigenvalue weighted by molar-refractivity contribution is 5.66. The van der Waals surface area contributed by atoms with Crippen molar-refractivity contribution in [3.8, 4) is 17.3 Å². The predicted octanol–water partition coefficient (Wildman–Crippen LogP) is 3.94. The van der Waals surface area contributed by atoms with E-state index >= 15 is 0 Å². The van der Waals surface area contributed by atoms with Crippen molar-refractivity contribution in [2.45, 2.75) is 31.5 Å². The highest BCUT2D eigenvalue weighted by Crippen LogP contribution is 2.36. The summed E-state index contributed by atoms with van der Waals surface area (Å²) in [5, 5.41) is 26.5. The molecule has 1 aromatic carbocycles. The molecule has 1 aliphatic heterocycles. The third-order valence-corrected chi connectivity index (χ3v) is 5.82. The average molecular weight is 455 g/mol. The van der Waals surface area contributed by atoms with Crippen molar-refractivity contribution in [1.29, 1.82) is 5.26 Å². The van der Waals surface area contributed by atoms with Gasteiger partial charge in [-0.15, -0.1) is 0 Å². The second-order valence-electron chi connectivity index (χ2n) is 8.25. The van der Waals surface area contributed by atoms with Crippen LogP contribution in [-0.4, -0.2) is 42.8 Å². The molecule has 11 heteroatoms. The lowest BCUT2D eigenvalue weighted by atomic mass is 9.98. The molecule has 0 spiro atoms. The van der Waals surface area contributed by atoms with Gasteiger partial charge in [-0.2, -0.15) is 10.4 Å². The van der Waals surface area contributed by atoms with Crippen LogP contribution in [0.4, 0.5) is 24.8 Å². The van der Waals surface area contributed by atoms with Crippen LogP contribution < -0.4 is 5.32 Å². The highest BCUT2D eigenvalue weighted by Gasteiger charge is 2.33. The Hall–Kier alpha value is -3.49. The quantitative estimate of drug-likeness (QED) is 0.556. The minimum atomic E-state index is -2.86. The van der Waals surface area contributed by atoms with Gasteiger partial charge in [-0.05, 0) is 18.9 Å². The number of hydrogen-bond acceptors (Lipinski definition) is 7. The zero-order valence-electron chi connectivity index (χ0n) is 17.4. The molecule has 2 N–H and O–H groups in total. The second kappa shape index (κ2) is 8.46. The number of halogens is 3. The lowest BCUT2D eigenvalue weighted by molar-refractivity contribution is -0.0560. The van der Waals surface area contributed by atoms with E-state index in [1.807, 2.05) is 4.68 Å². The first-order chi connectivity index (χ1) is 15.9. The fourth-order valence-corrected chi connectivity index (χ4v) is 3.79. The summed E-state index contributed by atoms with van der Waals surface area (Å²) in [7, 11) is 0. The summed E-state index contributed by atoms with van der Waals surface area (Å²) in [5.74, 6) is -0.865. The van der Waals surface area contributed by atoms with Crippen LogP contribution in [0.2, 0.25) is 0 Å². The van der Waals surface area contributed by atoms with E-state index in [-0.39, 0.29) is 28.7 Å². The number of hydrogen-bond donors (Lipinski definition) is 2. The van der Waals surface area contributed by atoms with Gasteiger partial charge >= 0.3 is 0 Å². The van der Waals surface area contributed by atoms with Gasteiger partial charge in [-0.1, -0.05) is 12.1 Å².